The first-order valence-electron chi connectivity index (χ1n) is 8.73. The van der Waals surface area contributed by atoms with Crippen molar-refractivity contribution in [1.29, 1.82) is 0 Å². The molecule has 3 rings (SSSR count). The number of amides is 1. The molecule has 6 nitrogen and oxygen atoms in total. The number of halogens is 2. The van der Waals surface area contributed by atoms with Crippen LogP contribution in [0.2, 0.25) is 10.0 Å². The first-order valence-corrected chi connectivity index (χ1v) is 9.49. The second-order valence-corrected chi connectivity index (χ2v) is 7.46. The standard InChI is InChI=1S/C19H23Cl2N5O/c1-13(16-4-2-14(20)10-17(16)21)26(23)19-11-15(3-5-18(19)22)25-8-6-24(12-27)7-9-25/h2-5,10-13H,6-9,22-23H2,1H3. The van der Waals surface area contributed by atoms with Crippen LogP contribution in [-0.2, 0) is 4.79 Å². The van der Waals surface area contributed by atoms with Gasteiger partial charge in [-0.25, -0.2) is 5.84 Å². The highest BCUT2D eigenvalue weighted by Crippen LogP contribution is 2.35. The Labute approximate surface area is 169 Å². The van der Waals surface area contributed by atoms with E-state index in [4.69, 9.17) is 34.8 Å². The van der Waals surface area contributed by atoms with E-state index in [9.17, 15) is 4.79 Å². The summed E-state index contributed by atoms with van der Waals surface area (Å²) in [5.74, 6) is 6.41. The van der Waals surface area contributed by atoms with Crippen LogP contribution in [0.1, 0.15) is 18.5 Å². The van der Waals surface area contributed by atoms with Gasteiger partial charge in [0.05, 0.1) is 17.4 Å². The first kappa shape index (κ1) is 19.6. The predicted octanol–water partition coefficient (Wildman–Crippen LogP) is 3.30. The molecule has 1 atom stereocenters. The van der Waals surface area contributed by atoms with Crippen LogP contribution in [0.4, 0.5) is 17.1 Å². The fraction of sp³-hybridized carbons (Fsp3) is 0.316. The number of carbonyl (C=O) groups is 1. The van der Waals surface area contributed by atoms with E-state index in [2.05, 4.69) is 4.90 Å². The fourth-order valence-corrected chi connectivity index (χ4v) is 3.80. The SMILES string of the molecule is CC(c1ccc(Cl)cc1Cl)N(N)c1cc(N2CCN(C=O)CC2)ccc1N. The Bertz CT molecular complexity index is 824. The Kier molecular flexibility index (Phi) is 5.99. The molecule has 2 aromatic carbocycles. The number of carbonyl (C=O) groups excluding carboxylic acids is 1. The van der Waals surface area contributed by atoms with E-state index in [0.29, 0.717) is 28.8 Å². The smallest absolute Gasteiger partial charge is 0.209 e. The van der Waals surface area contributed by atoms with Crippen LogP contribution < -0.4 is 21.5 Å². The molecule has 0 spiro atoms. The monoisotopic (exact) mass is 407 g/mol. The van der Waals surface area contributed by atoms with Crippen LogP contribution in [0.15, 0.2) is 36.4 Å². The molecule has 4 N–H and O–H groups in total. The van der Waals surface area contributed by atoms with E-state index in [1.54, 1.807) is 22.0 Å². The van der Waals surface area contributed by atoms with Gasteiger partial charge in [0.2, 0.25) is 6.41 Å². The van der Waals surface area contributed by atoms with Crippen molar-refractivity contribution in [3.8, 4) is 0 Å². The Hall–Kier alpha value is -2.15. The Balaban J connectivity index is 1.84. The van der Waals surface area contributed by atoms with Crippen molar-refractivity contribution in [3.63, 3.8) is 0 Å². The van der Waals surface area contributed by atoms with Crippen molar-refractivity contribution >= 4 is 46.7 Å². The van der Waals surface area contributed by atoms with Gasteiger partial charge in [0, 0.05) is 41.9 Å². The van der Waals surface area contributed by atoms with E-state index in [1.807, 2.05) is 31.2 Å². The second-order valence-electron chi connectivity index (χ2n) is 6.62. The van der Waals surface area contributed by atoms with Gasteiger partial charge in [0.1, 0.15) is 0 Å². The maximum atomic E-state index is 10.9. The lowest BCUT2D eigenvalue weighted by Crippen LogP contribution is -2.45. The van der Waals surface area contributed by atoms with Crippen LogP contribution in [0.3, 0.4) is 0 Å². The van der Waals surface area contributed by atoms with Crippen molar-refractivity contribution in [2.75, 3.05) is 41.8 Å². The van der Waals surface area contributed by atoms with Crippen molar-refractivity contribution in [1.82, 2.24) is 4.90 Å². The number of nitrogen functional groups attached to an aromatic ring is 1. The molecule has 1 amide bonds. The van der Waals surface area contributed by atoms with Gasteiger partial charge in [-0.05, 0) is 42.8 Å². The van der Waals surface area contributed by atoms with Gasteiger partial charge >= 0.3 is 0 Å². The number of anilines is 3. The summed E-state index contributed by atoms with van der Waals surface area (Å²) in [5, 5.41) is 2.76. The van der Waals surface area contributed by atoms with E-state index in [1.165, 1.54) is 0 Å². The molecule has 27 heavy (non-hydrogen) atoms. The molecule has 0 aliphatic carbocycles. The average Bonchev–Trinajstić information content (AvgIpc) is 2.67. The maximum absolute atomic E-state index is 10.9. The number of hydrazine groups is 1. The highest BCUT2D eigenvalue weighted by molar-refractivity contribution is 6.35. The van der Waals surface area contributed by atoms with Crippen molar-refractivity contribution in [2.45, 2.75) is 13.0 Å². The summed E-state index contributed by atoms with van der Waals surface area (Å²) in [5.41, 5.74) is 9.40. The molecule has 1 fully saturated rings. The Morgan fingerprint density at radius 1 is 1.11 bits per heavy atom. The number of nitrogens with zero attached hydrogens (tertiary/aromatic N) is 3. The largest absolute Gasteiger partial charge is 0.397 e. The van der Waals surface area contributed by atoms with Crippen LogP contribution in [0.5, 0.6) is 0 Å². The van der Waals surface area contributed by atoms with Crippen LogP contribution in [0.25, 0.3) is 0 Å². The maximum Gasteiger partial charge on any atom is 0.209 e. The van der Waals surface area contributed by atoms with Gasteiger partial charge in [-0.15, -0.1) is 0 Å². The summed E-state index contributed by atoms with van der Waals surface area (Å²) >= 11 is 12.3. The normalized spacial score (nSPS) is 15.6. The zero-order valence-electron chi connectivity index (χ0n) is 15.1. The lowest BCUT2D eigenvalue weighted by atomic mass is 10.1. The highest BCUT2D eigenvalue weighted by Gasteiger charge is 2.21. The average molecular weight is 408 g/mol. The van der Waals surface area contributed by atoms with Crippen molar-refractivity contribution < 1.29 is 4.79 Å². The number of nitrogens with two attached hydrogens (primary N) is 2. The van der Waals surface area contributed by atoms with E-state index < -0.39 is 0 Å². The Morgan fingerprint density at radius 2 is 1.81 bits per heavy atom. The fourth-order valence-electron chi connectivity index (χ4n) is 3.24. The van der Waals surface area contributed by atoms with Crippen LogP contribution >= 0.6 is 23.2 Å². The number of rotatable bonds is 5. The van der Waals surface area contributed by atoms with Gasteiger partial charge < -0.3 is 20.5 Å². The third kappa shape index (κ3) is 4.24. The number of piperazine rings is 1. The van der Waals surface area contributed by atoms with Gasteiger partial charge in [-0.3, -0.25) is 4.79 Å². The summed E-state index contributed by atoms with van der Waals surface area (Å²) in [4.78, 5) is 14.9. The molecule has 1 heterocycles. The second kappa shape index (κ2) is 8.25. The quantitative estimate of drug-likeness (QED) is 0.344. The zero-order chi connectivity index (χ0) is 19.6. The molecule has 1 unspecified atom stereocenters. The molecule has 0 aromatic heterocycles. The third-order valence-electron chi connectivity index (χ3n) is 4.95. The van der Waals surface area contributed by atoms with Gasteiger partial charge in [0.15, 0.2) is 0 Å². The number of hydrogen-bond donors (Lipinski definition) is 2. The zero-order valence-corrected chi connectivity index (χ0v) is 16.6. The summed E-state index contributed by atoms with van der Waals surface area (Å²) in [6, 6.07) is 11.0. The number of benzene rings is 2. The summed E-state index contributed by atoms with van der Waals surface area (Å²) in [6.07, 6.45) is 0.894. The first-order chi connectivity index (χ1) is 12.9. The minimum Gasteiger partial charge on any atom is -0.397 e. The predicted molar refractivity (Wildman–Crippen MR) is 112 cm³/mol. The summed E-state index contributed by atoms with van der Waals surface area (Å²) in [6.45, 7) is 4.90. The molecule has 144 valence electrons. The summed E-state index contributed by atoms with van der Waals surface area (Å²) in [7, 11) is 0. The minimum atomic E-state index is -0.195. The minimum absolute atomic E-state index is 0.195. The molecule has 1 aliphatic heterocycles. The van der Waals surface area contributed by atoms with Gasteiger partial charge in [0.25, 0.3) is 0 Å². The number of hydrogen-bond acceptors (Lipinski definition) is 5. The molecule has 1 saturated heterocycles. The summed E-state index contributed by atoms with van der Waals surface area (Å²) < 4.78 is 0. The topological polar surface area (TPSA) is 78.8 Å². The van der Waals surface area contributed by atoms with Crippen molar-refractivity contribution in [3.05, 3.63) is 52.0 Å². The lowest BCUT2D eigenvalue weighted by Gasteiger charge is -2.35. The Morgan fingerprint density at radius 3 is 2.44 bits per heavy atom. The molecule has 0 bridgehead atoms. The molecule has 1 aliphatic rings. The molecule has 0 radical (unpaired) electrons. The van der Waals surface area contributed by atoms with Gasteiger partial charge in [-0.1, -0.05) is 29.3 Å². The molecule has 0 saturated carbocycles. The van der Waals surface area contributed by atoms with E-state index in [0.717, 1.165) is 36.4 Å². The molecule has 8 heteroatoms. The van der Waals surface area contributed by atoms with Crippen molar-refractivity contribution in [2.24, 2.45) is 5.84 Å². The van der Waals surface area contributed by atoms with E-state index in [-0.39, 0.29) is 6.04 Å². The van der Waals surface area contributed by atoms with Gasteiger partial charge in [-0.2, -0.15) is 0 Å². The highest BCUT2D eigenvalue weighted by atomic mass is 35.5. The molecular formula is C19H23Cl2N5O. The molecule has 2 aromatic rings. The third-order valence-corrected chi connectivity index (χ3v) is 5.51. The van der Waals surface area contributed by atoms with E-state index >= 15 is 0 Å². The lowest BCUT2D eigenvalue weighted by molar-refractivity contribution is -0.118. The van der Waals surface area contributed by atoms with Crippen LogP contribution in [0, 0.1) is 0 Å². The molecular weight excluding hydrogens is 385 g/mol. The van der Waals surface area contributed by atoms with Crippen LogP contribution in [-0.4, -0.2) is 37.5 Å².